The quantitative estimate of drug-likeness (QED) is 0.706. The molecule has 1 amide bonds. The Hall–Kier alpha value is -2.25. The fourth-order valence-electron chi connectivity index (χ4n) is 2.59. The summed E-state index contributed by atoms with van der Waals surface area (Å²) in [6, 6.07) is 7.86. The first-order valence-electron chi connectivity index (χ1n) is 8.54. The number of rotatable bonds is 9. The van der Waals surface area contributed by atoms with Gasteiger partial charge in [-0.3, -0.25) is 4.79 Å². The van der Waals surface area contributed by atoms with Gasteiger partial charge >= 0.3 is 0 Å². The van der Waals surface area contributed by atoms with E-state index in [1.807, 2.05) is 52.0 Å². The predicted octanol–water partition coefficient (Wildman–Crippen LogP) is 2.48. The third-order valence-electron chi connectivity index (χ3n) is 3.82. The van der Waals surface area contributed by atoms with E-state index in [-0.39, 0.29) is 17.6 Å². The van der Waals surface area contributed by atoms with Gasteiger partial charge in [-0.1, -0.05) is 29.5 Å². The molecule has 1 unspecified atom stereocenters. The Labute approximate surface area is 148 Å². The number of carbonyl (C=O) groups excluding carboxylic acids is 1. The molecule has 1 aromatic heterocycles. The Balaban J connectivity index is 1.99. The number of carbonyl (C=O) groups is 1. The second-order valence-corrected chi connectivity index (χ2v) is 5.72. The second kappa shape index (κ2) is 9.29. The van der Waals surface area contributed by atoms with Gasteiger partial charge in [-0.25, -0.2) is 4.68 Å². The third kappa shape index (κ3) is 5.37. The smallest absolute Gasteiger partial charge is 0.273 e. The number of aryl methyl sites for hydroxylation is 1. The summed E-state index contributed by atoms with van der Waals surface area (Å²) in [4.78, 5) is 12.4. The van der Waals surface area contributed by atoms with Crippen LogP contribution < -0.4 is 5.32 Å². The molecule has 1 atom stereocenters. The fraction of sp³-hybridized carbons (Fsp3) is 0.500. The van der Waals surface area contributed by atoms with Crippen LogP contribution in [-0.4, -0.2) is 40.4 Å². The van der Waals surface area contributed by atoms with Crippen molar-refractivity contribution >= 4 is 5.91 Å². The number of aromatic nitrogens is 3. The minimum Gasteiger partial charge on any atom is -0.351 e. The molecule has 2 rings (SSSR count). The number of hydrogen-bond acceptors (Lipinski definition) is 5. The molecule has 0 radical (unpaired) electrons. The molecular formula is C18H26N4O3. The van der Waals surface area contributed by atoms with Gasteiger partial charge in [0.05, 0.1) is 18.8 Å². The zero-order valence-corrected chi connectivity index (χ0v) is 15.2. The van der Waals surface area contributed by atoms with Crippen molar-refractivity contribution < 1.29 is 14.3 Å². The van der Waals surface area contributed by atoms with Crippen LogP contribution in [0.4, 0.5) is 0 Å². The van der Waals surface area contributed by atoms with E-state index in [1.165, 1.54) is 0 Å². The lowest BCUT2D eigenvalue weighted by molar-refractivity contribution is -0.145. The summed E-state index contributed by atoms with van der Waals surface area (Å²) in [6.07, 6.45) is 1.20. The number of amides is 1. The highest BCUT2D eigenvalue weighted by Gasteiger charge is 2.17. The first-order chi connectivity index (χ1) is 12.0. The van der Waals surface area contributed by atoms with Crippen LogP contribution in [0.5, 0.6) is 0 Å². The zero-order valence-electron chi connectivity index (χ0n) is 15.2. The molecule has 25 heavy (non-hydrogen) atoms. The number of benzene rings is 1. The molecule has 0 saturated carbocycles. The van der Waals surface area contributed by atoms with Crippen molar-refractivity contribution in [1.29, 1.82) is 0 Å². The van der Waals surface area contributed by atoms with Gasteiger partial charge in [0.1, 0.15) is 0 Å². The Bertz CT molecular complexity index is 680. The van der Waals surface area contributed by atoms with Crippen molar-refractivity contribution in [2.75, 3.05) is 13.2 Å². The van der Waals surface area contributed by atoms with E-state index in [2.05, 4.69) is 15.6 Å². The largest absolute Gasteiger partial charge is 0.351 e. The van der Waals surface area contributed by atoms with Crippen LogP contribution in [0.2, 0.25) is 0 Å². The molecular weight excluding hydrogens is 320 g/mol. The maximum absolute atomic E-state index is 12.4. The third-order valence-corrected chi connectivity index (χ3v) is 3.82. The molecule has 7 heteroatoms. The Morgan fingerprint density at radius 1 is 1.24 bits per heavy atom. The summed E-state index contributed by atoms with van der Waals surface area (Å²) >= 11 is 0. The van der Waals surface area contributed by atoms with Crippen molar-refractivity contribution in [2.24, 2.45) is 0 Å². The van der Waals surface area contributed by atoms with Gasteiger partial charge in [0, 0.05) is 13.2 Å². The predicted molar refractivity (Wildman–Crippen MR) is 94.1 cm³/mol. The molecule has 1 heterocycles. The van der Waals surface area contributed by atoms with Gasteiger partial charge in [-0.05, 0) is 38.8 Å². The normalized spacial score (nSPS) is 12.4. The topological polar surface area (TPSA) is 78.3 Å². The van der Waals surface area contributed by atoms with E-state index < -0.39 is 6.29 Å². The minimum atomic E-state index is -0.404. The van der Waals surface area contributed by atoms with E-state index >= 15 is 0 Å². The van der Waals surface area contributed by atoms with E-state index in [4.69, 9.17) is 9.47 Å². The summed E-state index contributed by atoms with van der Waals surface area (Å²) < 4.78 is 12.5. The van der Waals surface area contributed by atoms with Gasteiger partial charge in [0.25, 0.3) is 5.91 Å². The summed E-state index contributed by atoms with van der Waals surface area (Å²) in [5, 5.41) is 10.9. The lowest BCUT2D eigenvalue weighted by Gasteiger charge is -2.16. The van der Waals surface area contributed by atoms with Crippen molar-refractivity contribution in [3.8, 4) is 0 Å². The van der Waals surface area contributed by atoms with Gasteiger partial charge in [0.2, 0.25) is 0 Å². The van der Waals surface area contributed by atoms with Crippen LogP contribution in [0.15, 0.2) is 30.5 Å². The molecule has 0 saturated heterocycles. The first-order valence-corrected chi connectivity index (χ1v) is 8.54. The standard InChI is InChI=1S/C18H26N4O3/c1-5-24-17(25-6-2)12-22-11-16(20-21-22)18(23)19-14(4)15-10-8-7-9-13(15)3/h7-11,14,17H,5-6,12H2,1-4H3,(H,19,23). The van der Waals surface area contributed by atoms with Gasteiger partial charge in [-0.2, -0.15) is 0 Å². The van der Waals surface area contributed by atoms with Gasteiger partial charge < -0.3 is 14.8 Å². The average Bonchev–Trinajstić information content (AvgIpc) is 3.04. The van der Waals surface area contributed by atoms with Crippen molar-refractivity contribution in [3.63, 3.8) is 0 Å². The highest BCUT2D eigenvalue weighted by molar-refractivity contribution is 5.92. The van der Waals surface area contributed by atoms with Crippen LogP contribution in [0.25, 0.3) is 0 Å². The molecule has 0 bridgehead atoms. The van der Waals surface area contributed by atoms with Crippen LogP contribution >= 0.6 is 0 Å². The maximum Gasteiger partial charge on any atom is 0.273 e. The van der Waals surface area contributed by atoms with E-state index in [0.29, 0.717) is 19.8 Å². The van der Waals surface area contributed by atoms with Crippen LogP contribution in [0, 0.1) is 6.92 Å². The van der Waals surface area contributed by atoms with Crippen LogP contribution in [0.1, 0.15) is 48.4 Å². The number of nitrogens with one attached hydrogen (secondary N) is 1. The molecule has 0 aliphatic carbocycles. The summed E-state index contributed by atoms with van der Waals surface area (Å²) in [7, 11) is 0. The van der Waals surface area contributed by atoms with Gasteiger partial charge in [0.15, 0.2) is 12.0 Å². The average molecular weight is 346 g/mol. The SMILES string of the molecule is CCOC(Cn1cc(C(=O)NC(C)c2ccccc2C)nn1)OCC. The number of nitrogens with zero attached hydrogens (tertiary/aromatic N) is 3. The number of hydrogen-bond donors (Lipinski definition) is 1. The molecule has 0 aliphatic heterocycles. The molecule has 1 N–H and O–H groups in total. The zero-order chi connectivity index (χ0) is 18.2. The molecule has 136 valence electrons. The maximum atomic E-state index is 12.4. The Morgan fingerprint density at radius 2 is 1.92 bits per heavy atom. The van der Waals surface area contributed by atoms with Gasteiger partial charge in [-0.15, -0.1) is 5.10 Å². The molecule has 0 spiro atoms. The molecule has 7 nitrogen and oxygen atoms in total. The number of ether oxygens (including phenoxy) is 2. The molecule has 2 aromatic rings. The van der Waals surface area contributed by atoms with Crippen LogP contribution in [0.3, 0.4) is 0 Å². The van der Waals surface area contributed by atoms with E-state index in [0.717, 1.165) is 11.1 Å². The van der Waals surface area contributed by atoms with E-state index in [9.17, 15) is 4.79 Å². The summed E-state index contributed by atoms with van der Waals surface area (Å²) in [6.45, 7) is 9.25. The highest BCUT2D eigenvalue weighted by Crippen LogP contribution is 2.17. The van der Waals surface area contributed by atoms with Crippen LogP contribution in [-0.2, 0) is 16.0 Å². The fourth-order valence-corrected chi connectivity index (χ4v) is 2.59. The second-order valence-electron chi connectivity index (χ2n) is 5.72. The molecule has 0 fully saturated rings. The first kappa shape index (κ1) is 19.1. The minimum absolute atomic E-state index is 0.113. The lowest BCUT2D eigenvalue weighted by Crippen LogP contribution is -2.27. The monoisotopic (exact) mass is 346 g/mol. The lowest BCUT2D eigenvalue weighted by atomic mass is 10.0. The summed E-state index contributed by atoms with van der Waals surface area (Å²) in [5.41, 5.74) is 2.48. The van der Waals surface area contributed by atoms with Crippen molar-refractivity contribution in [2.45, 2.75) is 46.6 Å². The Morgan fingerprint density at radius 3 is 2.56 bits per heavy atom. The Kier molecular flexibility index (Phi) is 7.09. The van der Waals surface area contributed by atoms with E-state index in [1.54, 1.807) is 10.9 Å². The highest BCUT2D eigenvalue weighted by atomic mass is 16.7. The van der Waals surface area contributed by atoms with Crippen molar-refractivity contribution in [1.82, 2.24) is 20.3 Å². The molecule has 1 aromatic carbocycles. The molecule has 0 aliphatic rings. The summed E-state index contributed by atoms with van der Waals surface area (Å²) in [5.74, 6) is -0.258. The van der Waals surface area contributed by atoms with Crippen molar-refractivity contribution in [3.05, 3.63) is 47.3 Å².